The number of hydrogen-bond acceptors (Lipinski definition) is 13. The molecule has 3 saturated carbocycles. The average molecular weight is 787 g/mol. The number of rotatable bonds is 6. The summed E-state index contributed by atoms with van der Waals surface area (Å²) in [5, 5.41) is 51.3. The van der Waals surface area contributed by atoms with Crippen molar-refractivity contribution < 1.29 is 44.2 Å². The van der Waals surface area contributed by atoms with Crippen molar-refractivity contribution in [3.63, 3.8) is 0 Å². The quantitative estimate of drug-likeness (QED) is 0.142. The molecule has 4 bridgehead atoms. The molecule has 0 aromatic carbocycles. The third-order valence-electron chi connectivity index (χ3n) is 16.8. The molecule has 5 aliphatic heterocycles. The van der Waals surface area contributed by atoms with Crippen molar-refractivity contribution in [1.82, 2.24) is 10.6 Å². The van der Waals surface area contributed by atoms with Gasteiger partial charge in [-0.2, -0.15) is 0 Å². The standard InChI is InChI=1S/C43H70N4O9/c1-3-22(19-48)42(53)55-33-17-31-38(52)37-32(51)16-28(20-49)54-40(37)36-30-15-25-14-27(50)8-7-23(25)5-6-24(35-29(30)10-11-46-41(35)45)13-26(43(33,2)56-39(31)36)12-21-4-9-34(44)47-18-21/h3,21,23-31,33-41,46-50,52H,4-20,44-45H2,1-2H3/t21?,23?,24?,25?,26-,27?,28?,29?,30?,31?,33-,34?,35?,36?,37?,38?,39?,40?,41?,43-/m0/s1. The van der Waals surface area contributed by atoms with Crippen molar-refractivity contribution in [3.8, 4) is 0 Å². The van der Waals surface area contributed by atoms with Crippen LogP contribution in [0.15, 0.2) is 11.6 Å². The fourth-order valence-corrected chi connectivity index (χ4v) is 13.9. The number of nitrogens with one attached hydrogen (secondary N) is 2. The molecule has 10 N–H and O–H groups in total. The van der Waals surface area contributed by atoms with E-state index in [1.165, 1.54) is 0 Å². The Labute approximate surface area is 332 Å². The lowest BCUT2D eigenvalue weighted by molar-refractivity contribution is -0.308. The maximum absolute atomic E-state index is 14.2. The molecular weight excluding hydrogens is 716 g/mol. The second-order valence-corrected chi connectivity index (χ2v) is 19.6. The summed E-state index contributed by atoms with van der Waals surface area (Å²) >= 11 is 0. The Bertz CT molecular complexity index is 1440. The van der Waals surface area contributed by atoms with Crippen LogP contribution in [0, 0.1) is 65.1 Å². The summed E-state index contributed by atoms with van der Waals surface area (Å²) in [5.74, 6) is -0.719. The Balaban J connectivity index is 1.31. The van der Waals surface area contributed by atoms with E-state index in [9.17, 15) is 30.0 Å². The number of nitrogens with two attached hydrogens (primary N) is 2. The van der Waals surface area contributed by atoms with Gasteiger partial charge in [0.25, 0.3) is 0 Å². The molecule has 8 aliphatic rings. The number of piperidine rings is 2. The molecule has 56 heavy (non-hydrogen) atoms. The van der Waals surface area contributed by atoms with Crippen molar-refractivity contribution in [2.24, 2.45) is 76.6 Å². The van der Waals surface area contributed by atoms with E-state index < -0.39 is 60.5 Å². The van der Waals surface area contributed by atoms with E-state index in [0.717, 1.165) is 83.7 Å². The monoisotopic (exact) mass is 787 g/mol. The van der Waals surface area contributed by atoms with Crippen LogP contribution in [-0.2, 0) is 23.8 Å². The van der Waals surface area contributed by atoms with Crippen LogP contribution in [0.2, 0.25) is 0 Å². The molecule has 3 aliphatic carbocycles. The largest absolute Gasteiger partial charge is 0.456 e. The number of aliphatic hydroxyl groups is 4. The molecule has 5 heterocycles. The Morgan fingerprint density at radius 3 is 2.43 bits per heavy atom. The highest BCUT2D eigenvalue weighted by molar-refractivity contribution is 5.88. The van der Waals surface area contributed by atoms with Crippen molar-refractivity contribution in [3.05, 3.63) is 11.6 Å². The van der Waals surface area contributed by atoms with E-state index in [-0.39, 0.29) is 78.3 Å². The first-order valence-electron chi connectivity index (χ1n) is 22.2. The normalized spacial score (nSPS) is 51.0. The van der Waals surface area contributed by atoms with Crippen molar-refractivity contribution in [1.29, 1.82) is 0 Å². The van der Waals surface area contributed by atoms with E-state index in [1.54, 1.807) is 13.0 Å². The molecule has 316 valence electrons. The van der Waals surface area contributed by atoms with E-state index in [1.807, 2.05) is 0 Å². The van der Waals surface area contributed by atoms with Crippen LogP contribution < -0.4 is 22.1 Å². The molecule has 13 nitrogen and oxygen atoms in total. The van der Waals surface area contributed by atoms with Gasteiger partial charge in [-0.05, 0) is 151 Å². The molecule has 0 aromatic rings. The predicted molar refractivity (Wildman–Crippen MR) is 207 cm³/mol. The van der Waals surface area contributed by atoms with Gasteiger partial charge in [-0.15, -0.1) is 0 Å². The highest BCUT2D eigenvalue weighted by atomic mass is 16.6. The van der Waals surface area contributed by atoms with Crippen LogP contribution in [0.1, 0.15) is 97.3 Å². The molecule has 0 amide bonds. The van der Waals surface area contributed by atoms with Crippen LogP contribution in [0.3, 0.4) is 0 Å². The topological polar surface area (TPSA) is 219 Å². The van der Waals surface area contributed by atoms with Gasteiger partial charge in [0.15, 0.2) is 0 Å². The maximum atomic E-state index is 14.2. The highest BCUT2D eigenvalue weighted by Crippen LogP contribution is 2.60. The van der Waals surface area contributed by atoms with Gasteiger partial charge in [0.05, 0.1) is 67.6 Å². The van der Waals surface area contributed by atoms with Crippen molar-refractivity contribution in [2.45, 2.75) is 152 Å². The first kappa shape index (κ1) is 41.2. The van der Waals surface area contributed by atoms with Crippen molar-refractivity contribution in [2.75, 3.05) is 26.3 Å². The zero-order valence-corrected chi connectivity index (χ0v) is 33.6. The summed E-state index contributed by atoms with van der Waals surface area (Å²) in [4.78, 5) is 28.0. The highest BCUT2D eigenvalue weighted by Gasteiger charge is 2.66. The zero-order chi connectivity index (χ0) is 39.5. The van der Waals surface area contributed by atoms with Crippen LogP contribution >= 0.6 is 0 Å². The number of Topliss-reactive ketones (excluding diaryl/α,β-unsaturated/α-hetero) is 1. The molecular formula is C43H70N4O9. The first-order valence-corrected chi connectivity index (χ1v) is 22.2. The van der Waals surface area contributed by atoms with Gasteiger partial charge in [0.2, 0.25) is 0 Å². The maximum Gasteiger partial charge on any atom is 0.336 e. The number of aliphatic hydroxyl groups excluding tert-OH is 4. The summed E-state index contributed by atoms with van der Waals surface area (Å²) in [6, 6.07) is 0. The predicted octanol–water partition coefficient (Wildman–Crippen LogP) is 1.72. The number of carbonyl (C=O) groups is 2. The van der Waals surface area contributed by atoms with Gasteiger partial charge in [-0.3, -0.25) is 4.79 Å². The number of esters is 1. The summed E-state index contributed by atoms with van der Waals surface area (Å²) < 4.78 is 21.0. The summed E-state index contributed by atoms with van der Waals surface area (Å²) in [6.45, 7) is 4.65. The summed E-state index contributed by atoms with van der Waals surface area (Å²) in [5.41, 5.74) is 12.8. The van der Waals surface area contributed by atoms with E-state index in [0.29, 0.717) is 24.2 Å². The number of hydrogen-bond donors (Lipinski definition) is 8. The minimum Gasteiger partial charge on any atom is -0.456 e. The summed E-state index contributed by atoms with van der Waals surface area (Å²) in [6.07, 6.45) is 7.49. The molecule has 5 saturated heterocycles. The van der Waals surface area contributed by atoms with E-state index in [2.05, 4.69) is 17.6 Å². The van der Waals surface area contributed by atoms with Crippen molar-refractivity contribution >= 4 is 11.8 Å². The number of carbonyl (C=O) groups excluding carboxylic acids is 2. The third-order valence-corrected chi connectivity index (χ3v) is 16.8. The zero-order valence-electron chi connectivity index (χ0n) is 33.6. The second-order valence-electron chi connectivity index (χ2n) is 19.6. The van der Waals surface area contributed by atoms with Gasteiger partial charge in [0.1, 0.15) is 17.5 Å². The lowest BCUT2D eigenvalue weighted by atomic mass is 9.52. The SMILES string of the molecule is CC=C(CO)C(=O)O[C@H]1CC2C(O)C3C(=O)CC(CO)OC3C3C4CC5CC(O)CCC5CCC(C[C@H](CC5CCC(N)NC5)[C@]1(C)OC23)C1C(N)NCCC41. The number of ether oxygens (including phenoxy) is 3. The Morgan fingerprint density at radius 2 is 1.70 bits per heavy atom. The number of ketones is 1. The fourth-order valence-electron chi connectivity index (χ4n) is 13.9. The van der Waals surface area contributed by atoms with Gasteiger partial charge < -0.3 is 56.7 Å². The van der Waals surface area contributed by atoms with Gasteiger partial charge in [-0.1, -0.05) is 6.08 Å². The fraction of sp³-hybridized carbons (Fsp3) is 0.907. The summed E-state index contributed by atoms with van der Waals surface area (Å²) in [7, 11) is 0. The Kier molecular flexibility index (Phi) is 12.4. The molecule has 17 unspecified atom stereocenters. The minimum absolute atomic E-state index is 0.0252. The molecule has 0 spiro atoms. The Hall–Kier alpha value is -1.52. The molecule has 13 heteroatoms. The Morgan fingerprint density at radius 1 is 0.911 bits per heavy atom. The van der Waals surface area contributed by atoms with E-state index in [4.69, 9.17) is 25.7 Å². The molecule has 0 aromatic heterocycles. The number of fused-ring (bicyclic) bond motifs is 5. The third kappa shape index (κ3) is 7.58. The van der Waals surface area contributed by atoms with Gasteiger partial charge in [-0.25, -0.2) is 4.79 Å². The first-order chi connectivity index (χ1) is 26.9. The van der Waals surface area contributed by atoms with Gasteiger partial charge in [0, 0.05) is 18.3 Å². The molecule has 0 radical (unpaired) electrons. The van der Waals surface area contributed by atoms with Crippen LogP contribution in [0.4, 0.5) is 0 Å². The van der Waals surface area contributed by atoms with Gasteiger partial charge >= 0.3 is 5.97 Å². The van der Waals surface area contributed by atoms with Crippen LogP contribution in [-0.4, -0.2) is 113 Å². The lowest BCUT2D eigenvalue weighted by Gasteiger charge is -2.63. The van der Waals surface area contributed by atoms with E-state index >= 15 is 0 Å². The van der Waals surface area contributed by atoms with Crippen LogP contribution in [0.5, 0.6) is 0 Å². The molecule has 8 fully saturated rings. The molecule has 8 rings (SSSR count). The number of allylic oxidation sites excluding steroid dienone is 1. The molecule has 20 atom stereocenters. The minimum atomic E-state index is -1.09. The smallest absolute Gasteiger partial charge is 0.336 e. The average Bonchev–Trinajstić information content (AvgIpc) is 3.23. The second kappa shape index (κ2) is 16.9. The van der Waals surface area contributed by atoms with Crippen LogP contribution in [0.25, 0.3) is 0 Å². The lowest BCUT2D eigenvalue weighted by Crippen LogP contribution is -2.71.